The average Bonchev–Trinajstić information content (AvgIpc) is 3.44. The molecule has 150 valence electrons. The molecule has 1 aliphatic carbocycles. The summed E-state index contributed by atoms with van der Waals surface area (Å²) < 4.78 is 10.7. The highest BCUT2D eigenvalue weighted by molar-refractivity contribution is 5.99. The van der Waals surface area contributed by atoms with Gasteiger partial charge >= 0.3 is 0 Å². The second-order valence-corrected chi connectivity index (χ2v) is 6.60. The molecule has 4 rings (SSSR count). The largest absolute Gasteiger partial charge is 0.494 e. The monoisotopic (exact) mass is 395 g/mol. The van der Waals surface area contributed by atoms with Crippen LogP contribution in [0, 0.1) is 6.92 Å². The summed E-state index contributed by atoms with van der Waals surface area (Å²) in [5, 5.41) is 13.0. The van der Waals surface area contributed by atoms with Gasteiger partial charge in [-0.05, 0) is 25.0 Å². The minimum Gasteiger partial charge on any atom is -0.494 e. The molecule has 0 unspecified atom stereocenters. The fourth-order valence-electron chi connectivity index (χ4n) is 2.83. The SMILES string of the molecule is CNC(=O)c1cnc(NC2CC2)nc1Nc1cccc(-c2noc(C)n2)c1OC. The highest BCUT2D eigenvalue weighted by Crippen LogP contribution is 2.37. The zero-order chi connectivity index (χ0) is 20.4. The Morgan fingerprint density at radius 2 is 2.10 bits per heavy atom. The number of carbonyl (C=O) groups excluding carboxylic acids is 1. The summed E-state index contributed by atoms with van der Waals surface area (Å²) in [5.74, 6) is 1.90. The molecule has 10 nitrogen and oxygen atoms in total. The van der Waals surface area contributed by atoms with Crippen molar-refractivity contribution in [2.24, 2.45) is 0 Å². The first kappa shape index (κ1) is 18.7. The summed E-state index contributed by atoms with van der Waals surface area (Å²) in [6, 6.07) is 5.86. The first-order chi connectivity index (χ1) is 14.1. The molecule has 1 saturated carbocycles. The molecule has 0 spiro atoms. The van der Waals surface area contributed by atoms with Gasteiger partial charge in [0, 0.05) is 26.2 Å². The Labute approximate surface area is 167 Å². The Morgan fingerprint density at radius 1 is 1.28 bits per heavy atom. The van der Waals surface area contributed by atoms with E-state index >= 15 is 0 Å². The summed E-state index contributed by atoms with van der Waals surface area (Å²) >= 11 is 0. The van der Waals surface area contributed by atoms with Crippen molar-refractivity contribution in [2.45, 2.75) is 25.8 Å². The van der Waals surface area contributed by atoms with E-state index in [1.165, 1.54) is 6.20 Å². The van der Waals surface area contributed by atoms with E-state index in [-0.39, 0.29) is 5.91 Å². The number of rotatable bonds is 7. The van der Waals surface area contributed by atoms with Crippen LogP contribution in [0.3, 0.4) is 0 Å². The van der Waals surface area contributed by atoms with Gasteiger partial charge in [-0.1, -0.05) is 11.2 Å². The summed E-state index contributed by atoms with van der Waals surface area (Å²) in [6.45, 7) is 1.72. The molecule has 1 amide bonds. The molecule has 1 aromatic carbocycles. The zero-order valence-corrected chi connectivity index (χ0v) is 16.3. The Morgan fingerprint density at radius 3 is 2.76 bits per heavy atom. The molecule has 29 heavy (non-hydrogen) atoms. The zero-order valence-electron chi connectivity index (χ0n) is 16.3. The predicted octanol–water partition coefficient (Wildman–Crippen LogP) is 2.52. The number of hydrogen-bond acceptors (Lipinski definition) is 9. The van der Waals surface area contributed by atoms with Crippen molar-refractivity contribution < 1.29 is 14.1 Å². The van der Waals surface area contributed by atoms with E-state index in [0.29, 0.717) is 52.1 Å². The van der Waals surface area contributed by atoms with Crippen molar-refractivity contribution in [2.75, 3.05) is 24.8 Å². The number of para-hydroxylation sites is 1. The number of benzene rings is 1. The van der Waals surface area contributed by atoms with Gasteiger partial charge in [-0.15, -0.1) is 0 Å². The minimum absolute atomic E-state index is 0.297. The maximum Gasteiger partial charge on any atom is 0.256 e. The van der Waals surface area contributed by atoms with E-state index in [1.807, 2.05) is 18.2 Å². The highest BCUT2D eigenvalue weighted by atomic mass is 16.5. The average molecular weight is 395 g/mol. The van der Waals surface area contributed by atoms with Gasteiger partial charge in [0.2, 0.25) is 17.7 Å². The van der Waals surface area contributed by atoms with Crippen LogP contribution in [0.25, 0.3) is 11.4 Å². The number of nitrogens with zero attached hydrogens (tertiary/aromatic N) is 4. The van der Waals surface area contributed by atoms with Gasteiger partial charge in [0.1, 0.15) is 11.4 Å². The summed E-state index contributed by atoms with van der Waals surface area (Å²) in [5.41, 5.74) is 1.58. The quantitative estimate of drug-likeness (QED) is 0.553. The lowest BCUT2D eigenvalue weighted by molar-refractivity contribution is 0.0963. The normalized spacial score (nSPS) is 13.1. The molecule has 0 bridgehead atoms. The fourth-order valence-corrected chi connectivity index (χ4v) is 2.83. The molecule has 0 saturated heterocycles. The molecule has 3 aromatic rings. The number of ether oxygens (including phenoxy) is 1. The van der Waals surface area contributed by atoms with E-state index in [4.69, 9.17) is 9.26 Å². The van der Waals surface area contributed by atoms with Crippen LogP contribution in [0.15, 0.2) is 28.9 Å². The van der Waals surface area contributed by atoms with Gasteiger partial charge < -0.3 is 25.2 Å². The second-order valence-electron chi connectivity index (χ2n) is 6.60. The van der Waals surface area contributed by atoms with Crippen LogP contribution in [0.5, 0.6) is 5.75 Å². The molecule has 1 aliphatic rings. The van der Waals surface area contributed by atoms with Gasteiger partial charge in [0.05, 0.1) is 18.4 Å². The lowest BCUT2D eigenvalue weighted by Gasteiger charge is -2.15. The lowest BCUT2D eigenvalue weighted by atomic mass is 10.1. The third-order valence-corrected chi connectivity index (χ3v) is 4.41. The third kappa shape index (κ3) is 3.96. The van der Waals surface area contributed by atoms with E-state index in [1.54, 1.807) is 21.1 Å². The van der Waals surface area contributed by atoms with Crippen molar-refractivity contribution in [3.05, 3.63) is 35.9 Å². The van der Waals surface area contributed by atoms with Crippen LogP contribution >= 0.6 is 0 Å². The molecule has 3 N–H and O–H groups in total. The van der Waals surface area contributed by atoms with E-state index in [0.717, 1.165) is 12.8 Å². The van der Waals surface area contributed by atoms with Crippen molar-refractivity contribution >= 4 is 23.4 Å². The maximum atomic E-state index is 12.3. The number of nitrogens with one attached hydrogen (secondary N) is 3. The number of anilines is 3. The lowest BCUT2D eigenvalue weighted by Crippen LogP contribution is -2.21. The van der Waals surface area contributed by atoms with Crippen LogP contribution in [0.1, 0.15) is 29.1 Å². The van der Waals surface area contributed by atoms with Crippen LogP contribution < -0.4 is 20.7 Å². The van der Waals surface area contributed by atoms with Crippen molar-refractivity contribution in [3.63, 3.8) is 0 Å². The summed E-state index contributed by atoms with van der Waals surface area (Å²) in [7, 11) is 3.11. The van der Waals surface area contributed by atoms with Crippen molar-refractivity contribution in [3.8, 4) is 17.1 Å². The first-order valence-corrected chi connectivity index (χ1v) is 9.19. The first-order valence-electron chi connectivity index (χ1n) is 9.19. The summed E-state index contributed by atoms with van der Waals surface area (Å²) in [4.78, 5) is 25.3. The molecule has 0 radical (unpaired) electrons. The van der Waals surface area contributed by atoms with Gasteiger partial charge in [-0.2, -0.15) is 9.97 Å². The smallest absolute Gasteiger partial charge is 0.256 e. The Kier molecular flexibility index (Phi) is 4.98. The van der Waals surface area contributed by atoms with Gasteiger partial charge in [-0.3, -0.25) is 4.79 Å². The molecular formula is C19H21N7O3. The number of aryl methyl sites for hydroxylation is 1. The van der Waals surface area contributed by atoms with Crippen molar-refractivity contribution in [1.82, 2.24) is 25.4 Å². The van der Waals surface area contributed by atoms with Crippen molar-refractivity contribution in [1.29, 1.82) is 0 Å². The van der Waals surface area contributed by atoms with Gasteiger partial charge in [0.15, 0.2) is 5.75 Å². The maximum absolute atomic E-state index is 12.3. The van der Waals surface area contributed by atoms with Crippen LogP contribution in [0.2, 0.25) is 0 Å². The third-order valence-electron chi connectivity index (χ3n) is 4.41. The second kappa shape index (κ2) is 7.74. The molecule has 0 aliphatic heterocycles. The number of amides is 1. The molecule has 2 aromatic heterocycles. The fraction of sp³-hybridized carbons (Fsp3) is 0.316. The van der Waals surface area contributed by atoms with Crippen LogP contribution in [-0.4, -0.2) is 46.2 Å². The van der Waals surface area contributed by atoms with Crippen LogP contribution in [-0.2, 0) is 0 Å². The Bertz CT molecular complexity index is 1050. The minimum atomic E-state index is -0.297. The Balaban J connectivity index is 1.73. The number of methoxy groups -OCH3 is 1. The standard InChI is InChI=1S/C19H21N7O3/c1-10-22-17(26-29-10)12-5-4-6-14(15(12)28-3)24-16-13(18(27)20-2)9-21-19(25-16)23-11-7-8-11/h4-6,9,11H,7-8H2,1-3H3,(H,20,27)(H2,21,23,24,25). The molecule has 2 heterocycles. The van der Waals surface area contributed by atoms with Gasteiger partial charge in [-0.25, -0.2) is 4.98 Å². The number of hydrogen-bond donors (Lipinski definition) is 3. The van der Waals surface area contributed by atoms with E-state index in [9.17, 15) is 4.79 Å². The highest BCUT2D eigenvalue weighted by Gasteiger charge is 2.24. The van der Waals surface area contributed by atoms with Gasteiger partial charge in [0.25, 0.3) is 5.91 Å². The molecule has 1 fully saturated rings. The van der Waals surface area contributed by atoms with E-state index < -0.39 is 0 Å². The van der Waals surface area contributed by atoms with Crippen LogP contribution in [0.4, 0.5) is 17.5 Å². The molecule has 0 atom stereocenters. The molecular weight excluding hydrogens is 374 g/mol. The topological polar surface area (TPSA) is 127 Å². The number of aromatic nitrogens is 4. The van der Waals surface area contributed by atoms with E-state index in [2.05, 4.69) is 36.1 Å². The predicted molar refractivity (Wildman–Crippen MR) is 106 cm³/mol. The molecule has 10 heteroatoms. The Hall–Kier alpha value is -3.69. The number of carbonyl (C=O) groups is 1. The summed E-state index contributed by atoms with van der Waals surface area (Å²) in [6.07, 6.45) is 3.67.